The van der Waals surface area contributed by atoms with Gasteiger partial charge < -0.3 is 19.5 Å². The highest BCUT2D eigenvalue weighted by Crippen LogP contribution is 2.34. The molecule has 0 aliphatic heterocycles. The van der Waals surface area contributed by atoms with Crippen molar-refractivity contribution in [1.82, 2.24) is 10.2 Å². The number of hydrogen-bond donors (Lipinski definition) is 2. The van der Waals surface area contributed by atoms with E-state index >= 15 is 0 Å². The number of hydrogen-bond acceptors (Lipinski definition) is 8. The summed E-state index contributed by atoms with van der Waals surface area (Å²) in [6.45, 7) is 5.32. The fourth-order valence-corrected chi connectivity index (χ4v) is 4.04. The molecule has 3 rings (SSSR count). The highest BCUT2D eigenvalue weighted by Gasteiger charge is 2.27. The lowest BCUT2D eigenvalue weighted by Gasteiger charge is -2.06. The molecule has 0 fully saturated rings. The van der Waals surface area contributed by atoms with Crippen molar-refractivity contribution >= 4 is 34.2 Å². The fourth-order valence-electron chi connectivity index (χ4n) is 2.96. The van der Waals surface area contributed by atoms with Crippen LogP contribution in [-0.4, -0.2) is 48.4 Å². The second kappa shape index (κ2) is 10.1. The van der Waals surface area contributed by atoms with Gasteiger partial charge in [-0.3, -0.25) is 9.89 Å². The van der Waals surface area contributed by atoms with E-state index in [1.54, 1.807) is 46.1 Å². The van der Waals surface area contributed by atoms with Crippen LogP contribution in [0.4, 0.5) is 5.00 Å². The van der Waals surface area contributed by atoms with Crippen LogP contribution in [0.1, 0.15) is 49.9 Å². The number of esters is 2. The number of H-pyrrole nitrogens is 1. The van der Waals surface area contributed by atoms with Crippen LogP contribution in [0, 0.1) is 6.92 Å². The number of thiophene rings is 1. The molecule has 0 bridgehead atoms. The Morgan fingerprint density at radius 3 is 2.34 bits per heavy atom. The first-order valence-corrected chi connectivity index (χ1v) is 10.7. The number of aromatic amines is 1. The van der Waals surface area contributed by atoms with Crippen molar-refractivity contribution in [1.29, 1.82) is 0 Å². The minimum Gasteiger partial charge on any atom is -0.497 e. The fraction of sp³-hybridized carbons (Fsp3) is 0.273. The van der Waals surface area contributed by atoms with Gasteiger partial charge in [0, 0.05) is 5.56 Å². The third-order valence-electron chi connectivity index (χ3n) is 4.52. The molecule has 0 spiro atoms. The van der Waals surface area contributed by atoms with E-state index < -0.39 is 17.8 Å². The van der Waals surface area contributed by atoms with Crippen molar-refractivity contribution in [3.8, 4) is 17.0 Å². The number of benzene rings is 1. The van der Waals surface area contributed by atoms with E-state index in [-0.39, 0.29) is 34.3 Å². The number of amides is 1. The second-order valence-electron chi connectivity index (χ2n) is 6.55. The van der Waals surface area contributed by atoms with Gasteiger partial charge in [0.2, 0.25) is 0 Å². The number of carbonyl (C=O) groups is 3. The monoisotopic (exact) mass is 457 g/mol. The molecule has 0 atom stereocenters. The lowest BCUT2D eigenvalue weighted by atomic mass is 10.1. The zero-order chi connectivity index (χ0) is 23.3. The van der Waals surface area contributed by atoms with Gasteiger partial charge >= 0.3 is 11.9 Å². The van der Waals surface area contributed by atoms with Crippen LogP contribution >= 0.6 is 11.3 Å². The summed E-state index contributed by atoms with van der Waals surface area (Å²) in [5.41, 5.74) is 2.08. The Kier molecular flexibility index (Phi) is 7.26. The Morgan fingerprint density at radius 2 is 1.72 bits per heavy atom. The Labute approximate surface area is 188 Å². The lowest BCUT2D eigenvalue weighted by molar-refractivity contribution is 0.0527. The molecule has 1 amide bonds. The van der Waals surface area contributed by atoms with E-state index in [9.17, 15) is 14.4 Å². The number of methoxy groups -OCH3 is 1. The number of ether oxygens (including phenoxy) is 3. The first-order valence-electron chi connectivity index (χ1n) is 9.88. The smallest absolute Gasteiger partial charge is 0.348 e. The average Bonchev–Trinajstić information content (AvgIpc) is 3.39. The molecule has 0 radical (unpaired) electrons. The molecule has 2 aromatic heterocycles. The maximum atomic E-state index is 12.8. The van der Waals surface area contributed by atoms with Gasteiger partial charge in [-0.25, -0.2) is 9.59 Å². The van der Waals surface area contributed by atoms with Gasteiger partial charge in [-0.1, -0.05) is 0 Å². The van der Waals surface area contributed by atoms with Crippen LogP contribution in [0.2, 0.25) is 0 Å². The summed E-state index contributed by atoms with van der Waals surface area (Å²) in [4.78, 5) is 37.8. The molecule has 0 saturated carbocycles. The largest absolute Gasteiger partial charge is 0.497 e. The maximum absolute atomic E-state index is 12.8. The number of aromatic nitrogens is 2. The molecule has 0 unspecified atom stereocenters. The van der Waals surface area contributed by atoms with Gasteiger partial charge in [-0.05, 0) is 56.7 Å². The molecule has 1 aromatic carbocycles. The summed E-state index contributed by atoms with van der Waals surface area (Å²) in [5, 5.41) is 9.76. The van der Waals surface area contributed by atoms with Crippen LogP contribution in [0.5, 0.6) is 5.75 Å². The first-order chi connectivity index (χ1) is 15.4. The van der Waals surface area contributed by atoms with Crippen molar-refractivity contribution in [2.45, 2.75) is 20.8 Å². The summed E-state index contributed by atoms with van der Waals surface area (Å²) in [5.74, 6) is -1.00. The molecule has 9 nitrogen and oxygen atoms in total. The molecular formula is C22H23N3O6S. The predicted molar refractivity (Wildman–Crippen MR) is 119 cm³/mol. The summed E-state index contributed by atoms with van der Waals surface area (Å²) in [6, 6.07) is 8.82. The molecule has 168 valence electrons. The first kappa shape index (κ1) is 23.0. The van der Waals surface area contributed by atoms with Gasteiger partial charge in [-0.2, -0.15) is 5.10 Å². The minimum atomic E-state index is -0.629. The molecular weight excluding hydrogens is 434 g/mol. The van der Waals surface area contributed by atoms with E-state index in [0.29, 0.717) is 17.0 Å². The summed E-state index contributed by atoms with van der Waals surface area (Å²) >= 11 is 0.963. The van der Waals surface area contributed by atoms with Gasteiger partial charge in [0.15, 0.2) is 0 Å². The van der Waals surface area contributed by atoms with Crippen molar-refractivity contribution in [3.63, 3.8) is 0 Å². The zero-order valence-electron chi connectivity index (χ0n) is 18.1. The van der Waals surface area contributed by atoms with Crippen molar-refractivity contribution in [2.24, 2.45) is 0 Å². The Balaban J connectivity index is 1.88. The second-order valence-corrected chi connectivity index (χ2v) is 7.57. The Bertz CT molecular complexity index is 1130. The van der Waals surface area contributed by atoms with Crippen LogP contribution in [0.15, 0.2) is 30.3 Å². The number of nitrogens with zero attached hydrogens (tertiary/aromatic N) is 1. The SMILES string of the molecule is CCOC(=O)c1sc(NC(=O)c2cc(-c3ccc(OC)cc3)n[nH]2)c(C(=O)OCC)c1C. The lowest BCUT2D eigenvalue weighted by Crippen LogP contribution is -2.15. The third kappa shape index (κ3) is 4.80. The van der Waals surface area contributed by atoms with Gasteiger partial charge in [0.1, 0.15) is 21.3 Å². The number of nitrogens with one attached hydrogen (secondary N) is 2. The molecule has 0 saturated heterocycles. The third-order valence-corrected chi connectivity index (χ3v) is 5.71. The number of carbonyl (C=O) groups excluding carboxylic acids is 3. The highest BCUT2D eigenvalue weighted by atomic mass is 32.1. The molecule has 2 N–H and O–H groups in total. The van der Waals surface area contributed by atoms with Crippen molar-refractivity contribution < 1.29 is 28.6 Å². The Hall–Kier alpha value is -3.66. The summed E-state index contributed by atoms with van der Waals surface area (Å²) in [6.07, 6.45) is 0. The zero-order valence-corrected chi connectivity index (χ0v) is 18.9. The molecule has 3 aromatic rings. The van der Waals surface area contributed by atoms with Crippen molar-refractivity contribution in [2.75, 3.05) is 25.6 Å². The van der Waals surface area contributed by atoms with E-state index in [1.165, 1.54) is 0 Å². The van der Waals surface area contributed by atoms with E-state index in [4.69, 9.17) is 14.2 Å². The van der Waals surface area contributed by atoms with E-state index in [1.807, 2.05) is 12.1 Å². The molecule has 32 heavy (non-hydrogen) atoms. The van der Waals surface area contributed by atoms with Crippen LogP contribution in [-0.2, 0) is 9.47 Å². The van der Waals surface area contributed by atoms with Crippen molar-refractivity contribution in [3.05, 3.63) is 52.0 Å². The summed E-state index contributed by atoms with van der Waals surface area (Å²) < 4.78 is 15.3. The Morgan fingerprint density at radius 1 is 1.06 bits per heavy atom. The van der Waals surface area contributed by atoms with Crippen LogP contribution < -0.4 is 10.1 Å². The highest BCUT2D eigenvalue weighted by molar-refractivity contribution is 7.18. The van der Waals surface area contributed by atoms with Gasteiger partial charge in [0.05, 0.1) is 31.6 Å². The van der Waals surface area contributed by atoms with Crippen LogP contribution in [0.25, 0.3) is 11.3 Å². The molecule has 0 aliphatic rings. The molecule has 10 heteroatoms. The minimum absolute atomic E-state index is 0.128. The van der Waals surface area contributed by atoms with Gasteiger partial charge in [0.25, 0.3) is 5.91 Å². The van der Waals surface area contributed by atoms with Crippen LogP contribution in [0.3, 0.4) is 0 Å². The molecule has 2 heterocycles. The normalized spacial score (nSPS) is 10.5. The van der Waals surface area contributed by atoms with Gasteiger partial charge in [-0.15, -0.1) is 11.3 Å². The standard InChI is InChI=1S/C22H23N3O6S/c1-5-30-21(27)17-12(3)18(22(28)31-6-2)32-20(17)23-19(26)16-11-15(24-25-16)13-7-9-14(29-4)10-8-13/h7-11H,5-6H2,1-4H3,(H,23,26)(H,24,25). The maximum Gasteiger partial charge on any atom is 0.348 e. The van der Waals surface area contributed by atoms with E-state index in [2.05, 4.69) is 15.5 Å². The topological polar surface area (TPSA) is 120 Å². The molecule has 0 aliphatic carbocycles. The predicted octanol–water partition coefficient (Wildman–Crippen LogP) is 4.06. The summed E-state index contributed by atoms with van der Waals surface area (Å²) in [7, 11) is 1.58. The quantitative estimate of drug-likeness (QED) is 0.490. The number of rotatable bonds is 8. The van der Waals surface area contributed by atoms with E-state index in [0.717, 1.165) is 16.9 Å². The number of anilines is 1. The average molecular weight is 458 g/mol.